The van der Waals surface area contributed by atoms with Crippen molar-refractivity contribution >= 4 is 33.2 Å². The summed E-state index contributed by atoms with van der Waals surface area (Å²) in [4.78, 5) is 22.4. The van der Waals surface area contributed by atoms with E-state index >= 15 is 0 Å². The van der Waals surface area contributed by atoms with Gasteiger partial charge in [-0.05, 0) is 114 Å². The summed E-state index contributed by atoms with van der Waals surface area (Å²) in [6, 6.07) is 33.6. The van der Waals surface area contributed by atoms with Crippen LogP contribution in [0.1, 0.15) is 73.7 Å². The Hall–Kier alpha value is -5.48. The van der Waals surface area contributed by atoms with E-state index in [9.17, 15) is 15.0 Å². The lowest BCUT2D eigenvalue weighted by Crippen LogP contribution is -2.69. The molecule has 1 saturated carbocycles. The third-order valence-corrected chi connectivity index (χ3v) is 12.7. The van der Waals surface area contributed by atoms with Crippen molar-refractivity contribution in [2.75, 3.05) is 33.5 Å². The molecule has 3 aliphatic rings. The van der Waals surface area contributed by atoms with Gasteiger partial charge in [0.25, 0.3) is 5.91 Å². The Morgan fingerprint density at radius 1 is 0.867 bits per heavy atom. The van der Waals surface area contributed by atoms with Crippen LogP contribution in [0.3, 0.4) is 0 Å². The predicted octanol–water partition coefficient (Wildman–Crippen LogP) is 10.2. The van der Waals surface area contributed by atoms with Crippen molar-refractivity contribution in [2.45, 2.75) is 69.6 Å². The lowest BCUT2D eigenvalue weighted by Gasteiger charge is -2.59. The fraction of sp³-hybridized carbons (Fsp3) is 0.373. The van der Waals surface area contributed by atoms with Gasteiger partial charge < -0.3 is 34.2 Å². The number of hydrogen-bond donors (Lipinski definition) is 2. The van der Waals surface area contributed by atoms with Crippen LogP contribution in [-0.4, -0.2) is 72.0 Å². The molecule has 0 bridgehead atoms. The molecule has 312 valence electrons. The fourth-order valence-corrected chi connectivity index (χ4v) is 9.97. The Labute approximate surface area is 352 Å². The summed E-state index contributed by atoms with van der Waals surface area (Å²) < 4.78 is 21.0. The lowest BCUT2D eigenvalue weighted by atomic mass is 9.55. The number of unbranched alkanes of at least 4 members (excludes halogenated alkanes) is 2. The van der Waals surface area contributed by atoms with E-state index in [1.54, 1.807) is 11.0 Å². The van der Waals surface area contributed by atoms with Crippen LogP contribution in [0.25, 0.3) is 21.5 Å². The minimum Gasteiger partial charge on any atom is -0.459 e. The maximum absolute atomic E-state index is 14.8. The van der Waals surface area contributed by atoms with Gasteiger partial charge in [0.05, 0.1) is 18.2 Å². The van der Waals surface area contributed by atoms with Crippen LogP contribution < -0.4 is 9.47 Å². The van der Waals surface area contributed by atoms with E-state index in [-0.39, 0.29) is 43.5 Å². The highest BCUT2D eigenvalue weighted by atomic mass is 16.7. The molecule has 5 aromatic rings. The Morgan fingerprint density at radius 3 is 2.25 bits per heavy atom. The zero-order valence-electron chi connectivity index (χ0n) is 34.7. The highest BCUT2D eigenvalue weighted by Gasteiger charge is 2.65. The van der Waals surface area contributed by atoms with Gasteiger partial charge in [0.1, 0.15) is 29.9 Å². The smallest absolute Gasteiger partial charge is 0.254 e. The summed E-state index contributed by atoms with van der Waals surface area (Å²) in [5, 5.41) is 28.9. The van der Waals surface area contributed by atoms with E-state index in [1.165, 1.54) is 0 Å². The van der Waals surface area contributed by atoms with E-state index in [4.69, 9.17) is 24.2 Å². The number of carbonyl (C=O) groups excluding carboxylic acids is 1. The van der Waals surface area contributed by atoms with Gasteiger partial charge in [0.2, 0.25) is 5.79 Å². The van der Waals surface area contributed by atoms with E-state index in [2.05, 4.69) is 43.0 Å². The van der Waals surface area contributed by atoms with Gasteiger partial charge in [-0.3, -0.25) is 4.79 Å². The molecule has 5 aromatic carbocycles. The van der Waals surface area contributed by atoms with Crippen molar-refractivity contribution in [3.05, 3.63) is 139 Å². The average molecular weight is 809 g/mol. The Balaban J connectivity index is 1.29. The van der Waals surface area contributed by atoms with Gasteiger partial charge >= 0.3 is 0 Å². The van der Waals surface area contributed by atoms with Crippen LogP contribution >= 0.6 is 0 Å². The standard InChI is InChI=1S/C51H56N2O7/c1-4-28-57-51-47(53(3)50(56)39-21-20-34-14-6-8-16-36(34)29-39)33-45(52-58-5-2)43-31-38(18-10-12-26-54)42(19-11-13-27-55)48(49(43)51)44-32-41(24-25-46(44)60-51)59-40-23-22-35-15-7-9-17-37(35)30-40/h4,6-9,14-17,20-25,29-32,38,42,47-49,54-55H,1,5,10-13,18-19,26-28,33H2,2-3H3. The molecule has 9 nitrogen and oxygen atoms in total. The predicted molar refractivity (Wildman–Crippen MR) is 237 cm³/mol. The molecule has 0 saturated heterocycles. The number of rotatable bonds is 17. The second kappa shape index (κ2) is 18.4. The highest BCUT2D eigenvalue weighted by molar-refractivity contribution is 6.04. The van der Waals surface area contributed by atoms with Crippen molar-refractivity contribution in [2.24, 2.45) is 22.9 Å². The molecule has 1 aliphatic heterocycles. The number of benzene rings is 5. The topological polar surface area (TPSA) is 110 Å². The van der Waals surface area contributed by atoms with Gasteiger partial charge in [0.15, 0.2) is 0 Å². The molecule has 6 unspecified atom stereocenters. The molecule has 2 N–H and O–H groups in total. The number of aliphatic hydroxyl groups is 2. The average Bonchev–Trinajstić information content (AvgIpc) is 3.28. The number of nitrogens with zero attached hydrogens (tertiary/aromatic N) is 2. The SMILES string of the molecule is C=CCOC12Oc3ccc(Oc4ccc5ccccc5c4)cc3C3C(CCCCO)C(CCCCO)C=C(C(=NOCC)CC1N(C)C(=O)c1ccc4ccccc4c1)C32. The summed E-state index contributed by atoms with van der Waals surface area (Å²) >= 11 is 0. The summed E-state index contributed by atoms with van der Waals surface area (Å²) in [6.45, 7) is 6.78. The van der Waals surface area contributed by atoms with E-state index < -0.39 is 17.7 Å². The fourth-order valence-electron chi connectivity index (χ4n) is 9.97. The van der Waals surface area contributed by atoms with Crippen molar-refractivity contribution in [1.82, 2.24) is 4.90 Å². The molecular weight excluding hydrogens is 753 g/mol. The number of hydrogen-bond acceptors (Lipinski definition) is 8. The van der Waals surface area contributed by atoms with Crippen molar-refractivity contribution < 1.29 is 34.1 Å². The molecule has 0 radical (unpaired) electrons. The van der Waals surface area contributed by atoms with Gasteiger partial charge in [-0.15, -0.1) is 6.58 Å². The largest absolute Gasteiger partial charge is 0.459 e. The zero-order valence-corrected chi connectivity index (χ0v) is 34.7. The van der Waals surface area contributed by atoms with Gasteiger partial charge in [0, 0.05) is 43.7 Å². The number of allylic oxidation sites excluding steroid dienone is 1. The first-order chi connectivity index (χ1) is 29.4. The maximum atomic E-state index is 14.8. The van der Waals surface area contributed by atoms with Crippen LogP contribution in [-0.2, 0) is 9.57 Å². The van der Waals surface area contributed by atoms with E-state index in [0.717, 1.165) is 69.8 Å². The molecule has 6 atom stereocenters. The molecule has 60 heavy (non-hydrogen) atoms. The van der Waals surface area contributed by atoms with Crippen molar-refractivity contribution in [3.63, 3.8) is 0 Å². The molecule has 0 spiro atoms. The first kappa shape index (κ1) is 41.3. The number of oxime groups is 1. The first-order valence-corrected chi connectivity index (χ1v) is 21.5. The number of fused-ring (bicyclic) bond motifs is 4. The summed E-state index contributed by atoms with van der Waals surface area (Å²) in [5.41, 5.74) is 3.34. The number of ether oxygens (including phenoxy) is 3. The molecule has 2 aliphatic carbocycles. The monoisotopic (exact) mass is 808 g/mol. The second-order valence-electron chi connectivity index (χ2n) is 16.3. The summed E-state index contributed by atoms with van der Waals surface area (Å²) in [6.07, 6.45) is 9.21. The number of aliphatic hydroxyl groups excluding tert-OH is 2. The normalized spacial score (nSPS) is 23.6. The Morgan fingerprint density at radius 2 is 1.53 bits per heavy atom. The minimum atomic E-state index is -1.34. The molecular formula is C51H56N2O7. The molecule has 8 rings (SSSR count). The van der Waals surface area contributed by atoms with E-state index in [0.29, 0.717) is 42.9 Å². The number of likely N-dealkylation sites (N-methyl/N-ethyl adjacent to an activating group) is 1. The highest BCUT2D eigenvalue weighted by Crippen LogP contribution is 2.62. The first-order valence-electron chi connectivity index (χ1n) is 21.5. The summed E-state index contributed by atoms with van der Waals surface area (Å²) in [7, 11) is 1.84. The third-order valence-electron chi connectivity index (χ3n) is 12.7. The Kier molecular flexibility index (Phi) is 12.7. The molecule has 1 amide bonds. The third kappa shape index (κ3) is 8.06. The van der Waals surface area contributed by atoms with Crippen LogP contribution in [0.4, 0.5) is 0 Å². The molecule has 1 heterocycles. The van der Waals surface area contributed by atoms with Crippen LogP contribution in [0.2, 0.25) is 0 Å². The number of amides is 1. The van der Waals surface area contributed by atoms with Gasteiger partial charge in [-0.2, -0.15) is 0 Å². The maximum Gasteiger partial charge on any atom is 0.254 e. The minimum absolute atomic E-state index is 0.0999. The molecule has 1 fully saturated rings. The quantitative estimate of drug-likeness (QED) is 0.0547. The Bertz CT molecular complexity index is 2390. The van der Waals surface area contributed by atoms with Gasteiger partial charge in [-0.1, -0.05) is 90.8 Å². The van der Waals surface area contributed by atoms with Gasteiger partial charge in [-0.25, -0.2) is 0 Å². The van der Waals surface area contributed by atoms with Crippen LogP contribution in [0.15, 0.2) is 133 Å². The number of carbonyl (C=O) groups is 1. The molecule has 9 heteroatoms. The van der Waals surface area contributed by atoms with E-state index in [1.807, 2.05) is 86.8 Å². The second-order valence-corrected chi connectivity index (χ2v) is 16.3. The van der Waals surface area contributed by atoms with Crippen molar-refractivity contribution in [1.29, 1.82) is 0 Å². The zero-order chi connectivity index (χ0) is 41.6. The van der Waals surface area contributed by atoms with Crippen molar-refractivity contribution in [3.8, 4) is 17.2 Å². The van der Waals surface area contributed by atoms with Crippen LogP contribution in [0.5, 0.6) is 17.2 Å². The summed E-state index contributed by atoms with van der Waals surface area (Å²) in [5.74, 6) is 0.270. The lowest BCUT2D eigenvalue weighted by molar-refractivity contribution is -0.252. The molecule has 0 aromatic heterocycles. The van der Waals surface area contributed by atoms with Crippen LogP contribution in [0, 0.1) is 17.8 Å².